The maximum Gasteiger partial charge on any atom is 0.335 e. The third-order valence-corrected chi connectivity index (χ3v) is 2.32. The number of hydrogen-bond acceptors (Lipinski definition) is 2. The first-order valence-electron chi connectivity index (χ1n) is 4.43. The quantitative estimate of drug-likeness (QED) is 0.733. The summed E-state index contributed by atoms with van der Waals surface area (Å²) in [5, 5.41) is 9.60. The van der Waals surface area contributed by atoms with Gasteiger partial charge in [-0.15, -0.1) is 0 Å². The molecule has 4 heteroatoms. The number of nitrogens with one attached hydrogen (secondary N) is 1. The number of hydrogen-bond donors (Lipinski definition) is 2. The maximum atomic E-state index is 10.8. The van der Waals surface area contributed by atoms with Crippen molar-refractivity contribution in [3.8, 4) is 0 Å². The van der Waals surface area contributed by atoms with Gasteiger partial charge in [0.2, 0.25) is 0 Å². The molecule has 2 aromatic rings. The van der Waals surface area contributed by atoms with Gasteiger partial charge in [-0.25, -0.2) is 4.79 Å². The molecule has 4 nitrogen and oxygen atoms in total. The minimum atomic E-state index is -0.964. The average molecular weight is 203 g/mol. The SMILES string of the molecule is Cc1cc(C(=O)O)cc2cc(C=O)[nH]c12. The molecule has 0 amide bonds. The van der Waals surface area contributed by atoms with E-state index in [1.807, 2.05) is 0 Å². The molecule has 76 valence electrons. The summed E-state index contributed by atoms with van der Waals surface area (Å²) in [4.78, 5) is 24.3. The molecule has 2 N–H and O–H groups in total. The fourth-order valence-electron chi connectivity index (χ4n) is 1.63. The Morgan fingerprint density at radius 2 is 2.13 bits per heavy atom. The lowest BCUT2D eigenvalue weighted by Gasteiger charge is -1.99. The highest BCUT2D eigenvalue weighted by molar-refractivity contribution is 5.97. The molecule has 0 aliphatic rings. The van der Waals surface area contributed by atoms with Crippen molar-refractivity contribution in [3.05, 3.63) is 35.0 Å². The number of carbonyl (C=O) groups excluding carboxylic acids is 1. The van der Waals surface area contributed by atoms with E-state index in [-0.39, 0.29) is 5.56 Å². The fraction of sp³-hybridized carbons (Fsp3) is 0.0909. The smallest absolute Gasteiger partial charge is 0.335 e. The van der Waals surface area contributed by atoms with Crippen LogP contribution in [-0.4, -0.2) is 22.3 Å². The van der Waals surface area contributed by atoms with Gasteiger partial charge >= 0.3 is 5.97 Å². The van der Waals surface area contributed by atoms with Crippen LogP contribution in [0.1, 0.15) is 26.4 Å². The number of carbonyl (C=O) groups is 2. The number of rotatable bonds is 2. The molecular formula is C11H9NO3. The Morgan fingerprint density at radius 3 is 2.73 bits per heavy atom. The second-order valence-electron chi connectivity index (χ2n) is 3.41. The lowest BCUT2D eigenvalue weighted by atomic mass is 10.1. The van der Waals surface area contributed by atoms with Gasteiger partial charge in [-0.1, -0.05) is 0 Å². The predicted molar refractivity (Wildman–Crippen MR) is 55.4 cm³/mol. The first-order chi connectivity index (χ1) is 7.11. The molecule has 0 atom stereocenters. The molecule has 0 spiro atoms. The van der Waals surface area contributed by atoms with Gasteiger partial charge in [0, 0.05) is 10.9 Å². The molecule has 0 fully saturated rings. The number of carboxylic acids is 1. The zero-order chi connectivity index (χ0) is 11.0. The van der Waals surface area contributed by atoms with Crippen LogP contribution in [0.3, 0.4) is 0 Å². The van der Waals surface area contributed by atoms with Crippen LogP contribution in [0, 0.1) is 6.92 Å². The van der Waals surface area contributed by atoms with Crippen molar-refractivity contribution in [1.82, 2.24) is 4.98 Å². The summed E-state index contributed by atoms with van der Waals surface area (Å²) < 4.78 is 0. The summed E-state index contributed by atoms with van der Waals surface area (Å²) in [7, 11) is 0. The average Bonchev–Trinajstić information content (AvgIpc) is 2.61. The van der Waals surface area contributed by atoms with Gasteiger partial charge in [-0.3, -0.25) is 4.79 Å². The van der Waals surface area contributed by atoms with Gasteiger partial charge < -0.3 is 10.1 Å². The van der Waals surface area contributed by atoms with E-state index >= 15 is 0 Å². The van der Waals surface area contributed by atoms with Crippen LogP contribution in [0.4, 0.5) is 0 Å². The molecule has 15 heavy (non-hydrogen) atoms. The maximum absolute atomic E-state index is 10.8. The van der Waals surface area contributed by atoms with Crippen molar-refractivity contribution in [1.29, 1.82) is 0 Å². The third kappa shape index (κ3) is 1.50. The number of benzene rings is 1. The van der Waals surface area contributed by atoms with E-state index in [9.17, 15) is 9.59 Å². The Morgan fingerprint density at radius 1 is 1.40 bits per heavy atom. The summed E-state index contributed by atoms with van der Waals surface area (Å²) in [6, 6.07) is 4.77. The van der Waals surface area contributed by atoms with Crippen LogP contribution in [0.5, 0.6) is 0 Å². The monoisotopic (exact) mass is 203 g/mol. The Balaban J connectivity index is 2.75. The highest BCUT2D eigenvalue weighted by Gasteiger charge is 2.08. The van der Waals surface area contributed by atoms with Crippen LogP contribution in [-0.2, 0) is 0 Å². The van der Waals surface area contributed by atoms with Crippen molar-refractivity contribution in [2.45, 2.75) is 6.92 Å². The number of aromatic amines is 1. The lowest BCUT2D eigenvalue weighted by Crippen LogP contribution is -1.96. The number of fused-ring (bicyclic) bond motifs is 1. The number of aldehydes is 1. The second-order valence-corrected chi connectivity index (χ2v) is 3.41. The number of H-pyrrole nitrogens is 1. The molecule has 0 unspecified atom stereocenters. The van der Waals surface area contributed by atoms with E-state index in [0.29, 0.717) is 12.0 Å². The zero-order valence-corrected chi connectivity index (χ0v) is 8.07. The van der Waals surface area contributed by atoms with Gasteiger partial charge in [0.25, 0.3) is 0 Å². The first kappa shape index (κ1) is 9.45. The molecule has 1 aromatic carbocycles. The van der Waals surface area contributed by atoms with E-state index in [1.54, 1.807) is 25.1 Å². The molecule has 0 radical (unpaired) electrons. The van der Waals surface area contributed by atoms with E-state index in [2.05, 4.69) is 4.98 Å². The summed E-state index contributed by atoms with van der Waals surface area (Å²) >= 11 is 0. The molecule has 0 aliphatic heterocycles. The summed E-state index contributed by atoms with van der Waals surface area (Å²) in [5.41, 5.74) is 2.31. The zero-order valence-electron chi connectivity index (χ0n) is 8.07. The molecule has 0 saturated carbocycles. The largest absolute Gasteiger partial charge is 0.478 e. The predicted octanol–water partition coefficient (Wildman–Crippen LogP) is 1.99. The Labute approximate surface area is 85.5 Å². The van der Waals surface area contributed by atoms with Crippen molar-refractivity contribution < 1.29 is 14.7 Å². The van der Waals surface area contributed by atoms with Crippen molar-refractivity contribution in [2.24, 2.45) is 0 Å². The third-order valence-electron chi connectivity index (χ3n) is 2.32. The fourth-order valence-corrected chi connectivity index (χ4v) is 1.63. The van der Waals surface area contributed by atoms with Gasteiger partial charge in [-0.05, 0) is 30.7 Å². The Kier molecular flexibility index (Phi) is 2.04. The minimum absolute atomic E-state index is 0.233. The molecule has 1 aromatic heterocycles. The molecule has 0 saturated heterocycles. The molecule has 0 bridgehead atoms. The van der Waals surface area contributed by atoms with Gasteiger partial charge in [0.1, 0.15) is 0 Å². The number of aryl methyl sites for hydroxylation is 1. The molecule has 0 aliphatic carbocycles. The Hall–Kier alpha value is -2.10. The van der Waals surface area contributed by atoms with Crippen LogP contribution in [0.2, 0.25) is 0 Å². The van der Waals surface area contributed by atoms with Crippen LogP contribution in [0.15, 0.2) is 18.2 Å². The molecule has 1 heterocycles. The van der Waals surface area contributed by atoms with Crippen LogP contribution in [0.25, 0.3) is 10.9 Å². The van der Waals surface area contributed by atoms with Gasteiger partial charge in [-0.2, -0.15) is 0 Å². The highest BCUT2D eigenvalue weighted by atomic mass is 16.4. The summed E-state index contributed by atoms with van der Waals surface area (Å²) in [5.74, 6) is -0.964. The standard InChI is InChI=1S/C11H9NO3/c1-6-2-8(11(14)15)3-7-4-9(5-13)12-10(6)7/h2-5,12H,1H3,(H,14,15). The normalized spacial score (nSPS) is 10.5. The summed E-state index contributed by atoms with van der Waals surface area (Å²) in [6.45, 7) is 1.81. The van der Waals surface area contributed by atoms with Gasteiger partial charge in [0.05, 0.1) is 11.3 Å². The number of carboxylic acid groups (broad SMARTS) is 1. The molecular weight excluding hydrogens is 194 g/mol. The Bertz CT molecular complexity index is 554. The van der Waals surface area contributed by atoms with Crippen molar-refractivity contribution in [3.63, 3.8) is 0 Å². The first-order valence-corrected chi connectivity index (χ1v) is 4.43. The van der Waals surface area contributed by atoms with Gasteiger partial charge in [0.15, 0.2) is 6.29 Å². The number of aromatic carboxylic acids is 1. The van der Waals surface area contributed by atoms with Crippen LogP contribution >= 0.6 is 0 Å². The minimum Gasteiger partial charge on any atom is -0.478 e. The second kappa shape index (κ2) is 3.24. The van der Waals surface area contributed by atoms with Crippen molar-refractivity contribution in [2.75, 3.05) is 0 Å². The lowest BCUT2D eigenvalue weighted by molar-refractivity contribution is 0.0697. The van der Waals surface area contributed by atoms with Crippen LogP contribution < -0.4 is 0 Å². The topological polar surface area (TPSA) is 70.2 Å². The van der Waals surface area contributed by atoms with E-state index < -0.39 is 5.97 Å². The van der Waals surface area contributed by atoms with E-state index in [0.717, 1.165) is 16.5 Å². The van der Waals surface area contributed by atoms with Crippen molar-refractivity contribution >= 4 is 23.2 Å². The summed E-state index contributed by atoms with van der Waals surface area (Å²) in [6.07, 6.45) is 0.708. The number of aromatic nitrogens is 1. The highest BCUT2D eigenvalue weighted by Crippen LogP contribution is 2.20. The van der Waals surface area contributed by atoms with E-state index in [1.165, 1.54) is 0 Å². The van der Waals surface area contributed by atoms with E-state index in [4.69, 9.17) is 5.11 Å². The molecule has 2 rings (SSSR count).